The summed E-state index contributed by atoms with van der Waals surface area (Å²) in [6, 6.07) is 4.38. The molecule has 2 aromatic rings. The van der Waals surface area contributed by atoms with Crippen molar-refractivity contribution < 1.29 is 23.2 Å². The monoisotopic (exact) mass is 417 g/mol. The molecule has 0 aliphatic carbocycles. The van der Waals surface area contributed by atoms with Crippen LogP contribution in [0.15, 0.2) is 22.7 Å². The maximum Gasteiger partial charge on any atom is 0.410 e. The van der Waals surface area contributed by atoms with Crippen molar-refractivity contribution in [1.82, 2.24) is 15.0 Å². The Morgan fingerprint density at radius 3 is 2.57 bits per heavy atom. The van der Waals surface area contributed by atoms with Gasteiger partial charge in [0, 0.05) is 49.5 Å². The molecule has 1 atom stereocenters. The predicted octanol–water partition coefficient (Wildman–Crippen LogP) is 4.07. The molecule has 0 radical (unpaired) electrons. The van der Waals surface area contributed by atoms with E-state index in [1.807, 2.05) is 25.7 Å². The summed E-state index contributed by atoms with van der Waals surface area (Å²) >= 11 is 0. The smallest absolute Gasteiger partial charge is 0.410 e. The number of amides is 2. The van der Waals surface area contributed by atoms with Gasteiger partial charge in [0.1, 0.15) is 11.4 Å². The van der Waals surface area contributed by atoms with Gasteiger partial charge in [-0.1, -0.05) is 5.16 Å². The van der Waals surface area contributed by atoms with Gasteiger partial charge in [0.2, 0.25) is 5.91 Å². The number of carbonyl (C=O) groups excluding carboxylic acids is 2. The summed E-state index contributed by atoms with van der Waals surface area (Å²) in [6.45, 7) is 7.42. The molecule has 0 saturated carbocycles. The van der Waals surface area contributed by atoms with Crippen molar-refractivity contribution in [2.24, 2.45) is 0 Å². The third kappa shape index (κ3) is 4.27. The number of aromatic nitrogens is 1. The van der Waals surface area contributed by atoms with Crippen molar-refractivity contribution in [3.05, 3.63) is 29.7 Å². The molecule has 4 rings (SSSR count). The summed E-state index contributed by atoms with van der Waals surface area (Å²) in [5.74, 6) is -0.0939. The van der Waals surface area contributed by atoms with Crippen LogP contribution in [0.25, 0.3) is 11.0 Å². The number of likely N-dealkylation sites (tertiary alicyclic amines) is 2. The van der Waals surface area contributed by atoms with Gasteiger partial charge in [-0.25, -0.2) is 9.18 Å². The van der Waals surface area contributed by atoms with Crippen molar-refractivity contribution in [3.63, 3.8) is 0 Å². The average molecular weight is 417 g/mol. The Kier molecular flexibility index (Phi) is 5.42. The average Bonchev–Trinajstić information content (AvgIpc) is 3.06. The molecule has 8 heteroatoms. The molecule has 2 aliphatic heterocycles. The Labute approximate surface area is 175 Å². The number of benzene rings is 1. The normalized spacial score (nSPS) is 20.3. The van der Waals surface area contributed by atoms with Crippen molar-refractivity contribution in [3.8, 4) is 0 Å². The lowest BCUT2D eigenvalue weighted by molar-refractivity contribution is -0.134. The molecule has 0 unspecified atom stereocenters. The van der Waals surface area contributed by atoms with E-state index in [2.05, 4.69) is 5.16 Å². The van der Waals surface area contributed by atoms with E-state index in [1.165, 1.54) is 12.1 Å². The maximum absolute atomic E-state index is 13.4. The molecular formula is C22H28FN3O4. The van der Waals surface area contributed by atoms with Crippen molar-refractivity contribution in [2.75, 3.05) is 19.6 Å². The molecule has 1 aromatic carbocycles. The van der Waals surface area contributed by atoms with Crippen molar-refractivity contribution in [2.45, 2.75) is 64.0 Å². The van der Waals surface area contributed by atoms with Gasteiger partial charge in [0.15, 0.2) is 5.58 Å². The largest absolute Gasteiger partial charge is 0.444 e. The molecule has 1 aromatic heterocycles. The number of fused-ring (bicyclic) bond motifs is 1. The Morgan fingerprint density at radius 1 is 1.20 bits per heavy atom. The highest BCUT2D eigenvalue weighted by Crippen LogP contribution is 2.33. The minimum atomic E-state index is -0.541. The highest BCUT2D eigenvalue weighted by molar-refractivity contribution is 5.80. The lowest BCUT2D eigenvalue weighted by atomic mass is 9.91. The van der Waals surface area contributed by atoms with Crippen LogP contribution in [0.1, 0.15) is 58.1 Å². The Bertz CT molecular complexity index is 943. The first kappa shape index (κ1) is 20.6. The van der Waals surface area contributed by atoms with Gasteiger partial charge < -0.3 is 19.1 Å². The fourth-order valence-electron chi connectivity index (χ4n) is 4.17. The summed E-state index contributed by atoms with van der Waals surface area (Å²) in [5, 5.41) is 4.99. The number of ether oxygens (including phenoxy) is 1. The molecule has 0 N–H and O–H groups in total. The summed E-state index contributed by atoms with van der Waals surface area (Å²) in [6.07, 6.45) is 2.37. The van der Waals surface area contributed by atoms with E-state index in [4.69, 9.17) is 9.26 Å². The second-order valence-electron chi connectivity index (χ2n) is 9.18. The number of carbonyl (C=O) groups is 2. The first-order valence-electron chi connectivity index (χ1n) is 10.5. The van der Waals surface area contributed by atoms with Crippen molar-refractivity contribution in [1.29, 1.82) is 0 Å². The summed E-state index contributed by atoms with van der Waals surface area (Å²) in [5.41, 5.74) is 0.753. The van der Waals surface area contributed by atoms with Crippen LogP contribution in [-0.4, -0.2) is 58.2 Å². The molecular weight excluding hydrogens is 389 g/mol. The van der Waals surface area contributed by atoms with Crippen LogP contribution in [0.4, 0.5) is 9.18 Å². The van der Waals surface area contributed by atoms with E-state index >= 15 is 0 Å². The van der Waals surface area contributed by atoms with Crippen LogP contribution in [0.5, 0.6) is 0 Å². The van der Waals surface area contributed by atoms with Gasteiger partial charge >= 0.3 is 6.09 Å². The van der Waals surface area contributed by atoms with E-state index < -0.39 is 5.60 Å². The Morgan fingerprint density at radius 2 is 1.93 bits per heavy atom. The molecule has 30 heavy (non-hydrogen) atoms. The number of piperidine rings is 1. The van der Waals surface area contributed by atoms with Crippen LogP contribution >= 0.6 is 0 Å². The fraction of sp³-hybridized carbons (Fsp3) is 0.591. The van der Waals surface area contributed by atoms with Crippen LogP contribution < -0.4 is 0 Å². The number of halogens is 1. The lowest BCUT2D eigenvalue weighted by Gasteiger charge is -2.42. The van der Waals surface area contributed by atoms with E-state index in [-0.39, 0.29) is 29.8 Å². The quantitative estimate of drug-likeness (QED) is 0.752. The van der Waals surface area contributed by atoms with E-state index in [0.29, 0.717) is 31.6 Å². The number of rotatable bonds is 3. The summed E-state index contributed by atoms with van der Waals surface area (Å²) < 4.78 is 24.1. The zero-order chi connectivity index (χ0) is 21.5. The van der Waals surface area contributed by atoms with Crippen LogP contribution in [0.2, 0.25) is 0 Å². The summed E-state index contributed by atoms with van der Waals surface area (Å²) in [7, 11) is 0. The number of hydrogen-bond donors (Lipinski definition) is 0. The van der Waals surface area contributed by atoms with Crippen LogP contribution in [0, 0.1) is 5.82 Å². The SMILES string of the molecule is CC(C)(C)OC(=O)N1CC[C@H]1CC(=O)N1CCC(c2noc3cc(F)ccc23)CC1. The van der Waals surface area contributed by atoms with E-state index in [0.717, 1.165) is 30.3 Å². The van der Waals surface area contributed by atoms with Crippen molar-refractivity contribution >= 4 is 23.0 Å². The minimum absolute atomic E-state index is 0.0683. The second kappa shape index (κ2) is 7.89. The molecule has 0 bridgehead atoms. The first-order chi connectivity index (χ1) is 14.2. The number of nitrogens with zero attached hydrogens (tertiary/aromatic N) is 3. The Balaban J connectivity index is 1.31. The zero-order valence-corrected chi connectivity index (χ0v) is 17.7. The molecule has 2 amide bonds. The van der Waals surface area contributed by atoms with E-state index in [1.54, 1.807) is 11.0 Å². The first-order valence-corrected chi connectivity index (χ1v) is 10.5. The minimum Gasteiger partial charge on any atom is -0.444 e. The molecule has 2 fully saturated rings. The molecule has 3 heterocycles. The van der Waals surface area contributed by atoms with Gasteiger partial charge in [-0.05, 0) is 52.2 Å². The molecule has 162 valence electrons. The van der Waals surface area contributed by atoms with E-state index in [9.17, 15) is 14.0 Å². The summed E-state index contributed by atoms with van der Waals surface area (Å²) in [4.78, 5) is 28.5. The third-order valence-electron chi connectivity index (χ3n) is 5.88. The second-order valence-corrected chi connectivity index (χ2v) is 9.18. The van der Waals surface area contributed by atoms with Crippen LogP contribution in [0.3, 0.4) is 0 Å². The molecule has 0 spiro atoms. The van der Waals surface area contributed by atoms with Gasteiger partial charge in [-0.3, -0.25) is 4.79 Å². The zero-order valence-electron chi connectivity index (χ0n) is 17.7. The highest BCUT2D eigenvalue weighted by atomic mass is 19.1. The van der Waals surface area contributed by atoms with Crippen LogP contribution in [-0.2, 0) is 9.53 Å². The van der Waals surface area contributed by atoms with Gasteiger partial charge in [0.25, 0.3) is 0 Å². The highest BCUT2D eigenvalue weighted by Gasteiger charge is 2.38. The number of hydrogen-bond acceptors (Lipinski definition) is 5. The van der Waals surface area contributed by atoms with Gasteiger partial charge in [0.05, 0.1) is 5.69 Å². The molecule has 2 saturated heterocycles. The standard InChI is InChI=1S/C22H28FN3O4/c1-22(2,3)29-21(28)26-11-8-16(26)13-19(27)25-9-6-14(7-10-25)20-17-5-4-15(23)12-18(17)30-24-20/h4-5,12,14,16H,6-11,13H2,1-3H3/t16-/m0/s1. The predicted molar refractivity (Wildman–Crippen MR) is 108 cm³/mol. The maximum atomic E-state index is 13.4. The topological polar surface area (TPSA) is 75.9 Å². The van der Waals surface area contributed by atoms with Gasteiger partial charge in [-0.15, -0.1) is 0 Å². The molecule has 2 aliphatic rings. The van der Waals surface area contributed by atoms with Gasteiger partial charge in [-0.2, -0.15) is 0 Å². The lowest BCUT2D eigenvalue weighted by Crippen LogP contribution is -2.54. The Hall–Kier alpha value is -2.64. The fourth-order valence-corrected chi connectivity index (χ4v) is 4.17. The molecule has 7 nitrogen and oxygen atoms in total. The third-order valence-corrected chi connectivity index (χ3v) is 5.88.